The highest BCUT2D eigenvalue weighted by molar-refractivity contribution is 5.94. The first-order valence-corrected chi connectivity index (χ1v) is 4.86. The fourth-order valence-corrected chi connectivity index (χ4v) is 1.58. The molecular formula is C11H11NO4. The van der Waals surface area contributed by atoms with E-state index >= 15 is 0 Å². The largest absolute Gasteiger partial charge is 0.508 e. The molecule has 1 unspecified atom stereocenters. The van der Waals surface area contributed by atoms with Crippen LogP contribution in [-0.4, -0.2) is 28.7 Å². The third-order valence-electron chi connectivity index (χ3n) is 2.31. The van der Waals surface area contributed by atoms with Gasteiger partial charge in [-0.25, -0.2) is 4.99 Å². The van der Waals surface area contributed by atoms with Crippen LogP contribution in [0.25, 0.3) is 0 Å². The van der Waals surface area contributed by atoms with Crippen LogP contribution in [0.15, 0.2) is 29.3 Å². The molecule has 0 fully saturated rings. The zero-order chi connectivity index (χ0) is 11.5. The van der Waals surface area contributed by atoms with Crippen molar-refractivity contribution in [2.75, 3.05) is 6.61 Å². The molecule has 0 saturated heterocycles. The Morgan fingerprint density at radius 1 is 1.50 bits per heavy atom. The molecule has 5 nitrogen and oxygen atoms in total. The van der Waals surface area contributed by atoms with Gasteiger partial charge in [-0.15, -0.1) is 0 Å². The molecule has 2 N–H and O–H groups in total. The minimum atomic E-state index is -0.975. The molecule has 0 aromatic heterocycles. The fourth-order valence-electron chi connectivity index (χ4n) is 1.58. The van der Waals surface area contributed by atoms with Gasteiger partial charge in [0.25, 0.3) is 0 Å². The number of carbonyl (C=O) groups is 1. The molecule has 84 valence electrons. The molecule has 0 spiro atoms. The summed E-state index contributed by atoms with van der Waals surface area (Å²) in [5, 5.41) is 18.2. The number of aliphatic carboxylic acids is 1. The number of phenols is 1. The van der Waals surface area contributed by atoms with E-state index in [1.54, 1.807) is 24.3 Å². The lowest BCUT2D eigenvalue weighted by atomic mass is 10.1. The molecule has 0 bridgehead atoms. The second-order valence-electron chi connectivity index (χ2n) is 3.48. The standard InChI is InChI=1S/C11H11NO4/c13-9-4-2-1-3-7(9)8-6-16-10(12-8)5-11(14)15/h1-4,8,13H,5-6H2,(H,14,15). The van der Waals surface area contributed by atoms with Crippen LogP contribution in [0.1, 0.15) is 18.0 Å². The Kier molecular flexibility index (Phi) is 2.76. The number of carboxylic acids is 1. The highest BCUT2D eigenvalue weighted by Crippen LogP contribution is 2.30. The van der Waals surface area contributed by atoms with E-state index < -0.39 is 5.97 Å². The minimum absolute atomic E-state index is 0.149. The van der Waals surface area contributed by atoms with Gasteiger partial charge in [0.1, 0.15) is 24.8 Å². The highest BCUT2D eigenvalue weighted by Gasteiger charge is 2.23. The number of ether oxygens (including phenoxy) is 1. The average molecular weight is 221 g/mol. The van der Waals surface area contributed by atoms with Crippen molar-refractivity contribution < 1.29 is 19.7 Å². The summed E-state index contributed by atoms with van der Waals surface area (Å²) in [6.07, 6.45) is -0.218. The van der Waals surface area contributed by atoms with E-state index in [9.17, 15) is 9.90 Å². The van der Waals surface area contributed by atoms with E-state index in [4.69, 9.17) is 9.84 Å². The number of aromatic hydroxyl groups is 1. The maximum atomic E-state index is 10.5. The van der Waals surface area contributed by atoms with Crippen LogP contribution in [0.4, 0.5) is 0 Å². The lowest BCUT2D eigenvalue weighted by molar-refractivity contribution is -0.135. The predicted molar refractivity (Wildman–Crippen MR) is 56.5 cm³/mol. The first kappa shape index (κ1) is 10.5. The van der Waals surface area contributed by atoms with Gasteiger partial charge in [-0.2, -0.15) is 0 Å². The SMILES string of the molecule is O=C(O)CC1=NC(c2ccccc2O)CO1. The summed E-state index contributed by atoms with van der Waals surface area (Å²) < 4.78 is 5.14. The van der Waals surface area contributed by atoms with E-state index in [-0.39, 0.29) is 30.7 Å². The predicted octanol–water partition coefficient (Wildman–Crippen LogP) is 1.34. The number of para-hydroxylation sites is 1. The third kappa shape index (κ3) is 2.13. The number of phenolic OH excluding ortho intramolecular Hbond substituents is 1. The first-order valence-electron chi connectivity index (χ1n) is 4.86. The summed E-state index contributed by atoms with van der Waals surface area (Å²) in [7, 11) is 0. The number of hydrogen-bond donors (Lipinski definition) is 2. The second-order valence-corrected chi connectivity index (χ2v) is 3.48. The quantitative estimate of drug-likeness (QED) is 0.807. The maximum Gasteiger partial charge on any atom is 0.312 e. The zero-order valence-corrected chi connectivity index (χ0v) is 8.46. The van der Waals surface area contributed by atoms with E-state index in [2.05, 4.69) is 4.99 Å². The van der Waals surface area contributed by atoms with E-state index in [0.29, 0.717) is 5.56 Å². The lowest BCUT2D eigenvalue weighted by Gasteiger charge is -2.06. The van der Waals surface area contributed by atoms with Crippen LogP contribution in [-0.2, 0) is 9.53 Å². The van der Waals surface area contributed by atoms with Gasteiger partial charge in [0.15, 0.2) is 5.90 Å². The van der Waals surface area contributed by atoms with Crippen molar-refractivity contribution in [2.24, 2.45) is 4.99 Å². The van der Waals surface area contributed by atoms with Crippen LogP contribution in [0.5, 0.6) is 5.75 Å². The Morgan fingerprint density at radius 3 is 2.94 bits per heavy atom. The summed E-state index contributed by atoms with van der Waals surface area (Å²) in [5.74, 6) is -0.617. The molecule has 1 aliphatic heterocycles. The second kappa shape index (κ2) is 4.22. The van der Waals surface area contributed by atoms with Gasteiger partial charge < -0.3 is 14.9 Å². The molecule has 0 saturated carbocycles. The van der Waals surface area contributed by atoms with Gasteiger partial charge in [0.2, 0.25) is 0 Å². The van der Waals surface area contributed by atoms with Gasteiger partial charge >= 0.3 is 5.97 Å². The molecular weight excluding hydrogens is 210 g/mol. The number of aliphatic imine (C=N–C) groups is 1. The van der Waals surface area contributed by atoms with Crippen LogP contribution in [0.2, 0.25) is 0 Å². The van der Waals surface area contributed by atoms with E-state index in [1.165, 1.54) is 0 Å². The number of hydrogen-bond acceptors (Lipinski definition) is 4. The number of rotatable bonds is 3. The third-order valence-corrected chi connectivity index (χ3v) is 2.31. The Hall–Kier alpha value is -2.04. The molecule has 1 atom stereocenters. The zero-order valence-electron chi connectivity index (χ0n) is 8.46. The smallest absolute Gasteiger partial charge is 0.312 e. The Morgan fingerprint density at radius 2 is 2.25 bits per heavy atom. The molecule has 1 aromatic carbocycles. The maximum absolute atomic E-state index is 10.5. The molecule has 1 heterocycles. The van der Waals surface area contributed by atoms with Crippen molar-refractivity contribution in [2.45, 2.75) is 12.5 Å². The van der Waals surface area contributed by atoms with Crippen molar-refractivity contribution in [3.63, 3.8) is 0 Å². The summed E-state index contributed by atoms with van der Waals surface area (Å²) in [4.78, 5) is 14.6. The molecule has 0 radical (unpaired) electrons. The molecule has 1 aliphatic rings. The van der Waals surface area contributed by atoms with Gasteiger partial charge in [-0.3, -0.25) is 4.79 Å². The first-order chi connectivity index (χ1) is 7.66. The number of nitrogens with zero attached hydrogens (tertiary/aromatic N) is 1. The van der Waals surface area contributed by atoms with Gasteiger partial charge in [0.05, 0.1) is 0 Å². The van der Waals surface area contributed by atoms with E-state index in [0.717, 1.165) is 0 Å². The summed E-state index contributed by atoms with van der Waals surface area (Å²) in [5.41, 5.74) is 0.655. The average Bonchev–Trinajstić information content (AvgIpc) is 2.66. The topological polar surface area (TPSA) is 79.1 Å². The lowest BCUT2D eigenvalue weighted by Crippen LogP contribution is -2.06. The van der Waals surface area contributed by atoms with Gasteiger partial charge in [-0.1, -0.05) is 18.2 Å². The normalized spacial score (nSPS) is 19.0. The Labute approximate surface area is 92.0 Å². The van der Waals surface area contributed by atoms with Crippen molar-refractivity contribution in [1.82, 2.24) is 0 Å². The van der Waals surface area contributed by atoms with Crippen LogP contribution >= 0.6 is 0 Å². The summed E-state index contributed by atoms with van der Waals surface area (Å²) in [6.45, 7) is 0.278. The molecule has 2 rings (SSSR count). The molecule has 0 aliphatic carbocycles. The van der Waals surface area contributed by atoms with Crippen molar-refractivity contribution >= 4 is 11.9 Å². The fraction of sp³-hybridized carbons (Fsp3) is 0.273. The molecule has 16 heavy (non-hydrogen) atoms. The van der Waals surface area contributed by atoms with Crippen LogP contribution in [0.3, 0.4) is 0 Å². The van der Waals surface area contributed by atoms with Crippen molar-refractivity contribution in [3.8, 4) is 5.75 Å². The van der Waals surface area contributed by atoms with Gasteiger partial charge in [-0.05, 0) is 6.07 Å². The summed E-state index contributed by atoms with van der Waals surface area (Å²) in [6, 6.07) is 6.52. The van der Waals surface area contributed by atoms with Gasteiger partial charge in [0, 0.05) is 5.56 Å². The molecule has 0 amide bonds. The van der Waals surface area contributed by atoms with Crippen molar-refractivity contribution in [1.29, 1.82) is 0 Å². The van der Waals surface area contributed by atoms with Crippen LogP contribution < -0.4 is 0 Å². The number of benzene rings is 1. The van der Waals surface area contributed by atoms with E-state index in [1.807, 2.05) is 0 Å². The minimum Gasteiger partial charge on any atom is -0.508 e. The van der Waals surface area contributed by atoms with Crippen molar-refractivity contribution in [3.05, 3.63) is 29.8 Å². The Bertz CT molecular complexity index is 441. The number of carboxylic acid groups (broad SMARTS) is 1. The molecule has 1 aromatic rings. The summed E-state index contributed by atoms with van der Waals surface area (Å²) >= 11 is 0. The van der Waals surface area contributed by atoms with Crippen LogP contribution in [0, 0.1) is 0 Å². The monoisotopic (exact) mass is 221 g/mol. The highest BCUT2D eigenvalue weighted by atomic mass is 16.5. The Balaban J connectivity index is 2.16. The molecule has 5 heteroatoms.